The lowest BCUT2D eigenvalue weighted by atomic mass is 9.85. The van der Waals surface area contributed by atoms with Gasteiger partial charge in [0.2, 0.25) is 0 Å². The van der Waals surface area contributed by atoms with E-state index >= 15 is 0 Å². The third-order valence-electron chi connectivity index (χ3n) is 3.40. The van der Waals surface area contributed by atoms with Crippen LogP contribution in [0, 0.1) is 12.3 Å². The number of nitrogens with one attached hydrogen (secondary N) is 1. The molecule has 1 N–H and O–H groups in total. The van der Waals surface area contributed by atoms with Gasteiger partial charge in [0, 0.05) is 5.39 Å². The van der Waals surface area contributed by atoms with Gasteiger partial charge in [-0.05, 0) is 43.1 Å². The number of fused-ring (bicyclic) bond motifs is 1. The Hall–Kier alpha value is -1.48. The number of methoxy groups -OCH3 is 1. The van der Waals surface area contributed by atoms with E-state index in [-0.39, 0.29) is 11.5 Å². The Morgan fingerprint density at radius 2 is 1.89 bits per heavy atom. The molecular formula is C16H23NO2. The molecule has 1 atom stereocenters. The molecule has 3 heteroatoms. The fraction of sp³-hybridized carbons (Fsp3) is 0.500. The van der Waals surface area contributed by atoms with Crippen LogP contribution in [-0.2, 0) is 0 Å². The van der Waals surface area contributed by atoms with Crippen molar-refractivity contribution in [2.24, 2.45) is 5.41 Å². The quantitative estimate of drug-likeness (QED) is 0.905. The van der Waals surface area contributed by atoms with Crippen molar-refractivity contribution in [3.8, 4) is 5.75 Å². The van der Waals surface area contributed by atoms with E-state index in [0.29, 0.717) is 0 Å². The van der Waals surface area contributed by atoms with Crippen LogP contribution in [-0.4, -0.2) is 14.2 Å². The van der Waals surface area contributed by atoms with Crippen molar-refractivity contribution in [2.45, 2.75) is 33.7 Å². The second-order valence-electron chi connectivity index (χ2n) is 6.12. The van der Waals surface area contributed by atoms with Crippen LogP contribution >= 0.6 is 0 Å². The average molecular weight is 261 g/mol. The van der Waals surface area contributed by atoms with Crippen molar-refractivity contribution in [1.82, 2.24) is 5.32 Å². The first-order valence-corrected chi connectivity index (χ1v) is 6.62. The molecule has 0 aliphatic rings. The molecule has 0 bridgehead atoms. The van der Waals surface area contributed by atoms with Gasteiger partial charge in [-0.3, -0.25) is 0 Å². The largest absolute Gasteiger partial charge is 0.493 e. The summed E-state index contributed by atoms with van der Waals surface area (Å²) in [5.74, 6) is 1.75. The highest BCUT2D eigenvalue weighted by Crippen LogP contribution is 2.38. The zero-order valence-electron chi connectivity index (χ0n) is 12.6. The number of hydrogen-bond donors (Lipinski definition) is 1. The number of furan rings is 1. The molecule has 1 heterocycles. The zero-order valence-corrected chi connectivity index (χ0v) is 12.6. The predicted octanol–water partition coefficient (Wildman–Crippen LogP) is 4.06. The summed E-state index contributed by atoms with van der Waals surface area (Å²) in [6, 6.07) is 6.41. The molecule has 0 saturated heterocycles. The molecule has 0 spiro atoms. The maximum atomic E-state index is 6.04. The lowest BCUT2D eigenvalue weighted by Crippen LogP contribution is -2.29. The van der Waals surface area contributed by atoms with Gasteiger partial charge in [0.1, 0.15) is 5.76 Å². The molecule has 2 aromatic rings. The third-order valence-corrected chi connectivity index (χ3v) is 3.40. The maximum absolute atomic E-state index is 6.04. The van der Waals surface area contributed by atoms with Crippen molar-refractivity contribution in [3.63, 3.8) is 0 Å². The number of aryl methyl sites for hydroxylation is 1. The van der Waals surface area contributed by atoms with E-state index in [1.165, 1.54) is 5.56 Å². The van der Waals surface area contributed by atoms with Crippen molar-refractivity contribution in [3.05, 3.63) is 29.5 Å². The summed E-state index contributed by atoms with van der Waals surface area (Å²) in [5, 5.41) is 4.43. The summed E-state index contributed by atoms with van der Waals surface area (Å²) in [5.41, 5.74) is 2.09. The van der Waals surface area contributed by atoms with Gasteiger partial charge < -0.3 is 14.5 Å². The summed E-state index contributed by atoms with van der Waals surface area (Å²) in [6.07, 6.45) is 0. The molecule has 3 nitrogen and oxygen atoms in total. The van der Waals surface area contributed by atoms with Crippen LogP contribution in [0.5, 0.6) is 5.75 Å². The van der Waals surface area contributed by atoms with E-state index in [1.54, 1.807) is 7.11 Å². The molecule has 1 unspecified atom stereocenters. The summed E-state index contributed by atoms with van der Waals surface area (Å²) in [7, 11) is 3.64. The van der Waals surface area contributed by atoms with Crippen molar-refractivity contribution < 1.29 is 9.15 Å². The lowest BCUT2D eigenvalue weighted by Gasteiger charge is -2.28. The van der Waals surface area contributed by atoms with E-state index in [0.717, 1.165) is 22.5 Å². The average Bonchev–Trinajstić information content (AvgIpc) is 2.69. The maximum Gasteiger partial charge on any atom is 0.176 e. The van der Waals surface area contributed by atoms with Gasteiger partial charge in [-0.2, -0.15) is 0 Å². The Morgan fingerprint density at radius 3 is 2.42 bits per heavy atom. The van der Waals surface area contributed by atoms with Crippen LogP contribution in [0.15, 0.2) is 22.6 Å². The number of benzene rings is 1. The zero-order chi connectivity index (χ0) is 14.2. The highest BCUT2D eigenvalue weighted by Gasteiger charge is 2.28. The van der Waals surface area contributed by atoms with Gasteiger partial charge >= 0.3 is 0 Å². The van der Waals surface area contributed by atoms with E-state index in [4.69, 9.17) is 9.15 Å². The second kappa shape index (κ2) is 4.89. The summed E-state index contributed by atoms with van der Waals surface area (Å²) < 4.78 is 11.4. The van der Waals surface area contributed by atoms with Crippen LogP contribution in [0.1, 0.15) is 38.1 Å². The van der Waals surface area contributed by atoms with E-state index in [9.17, 15) is 0 Å². The molecule has 104 valence electrons. The van der Waals surface area contributed by atoms with Crippen LogP contribution < -0.4 is 10.1 Å². The topological polar surface area (TPSA) is 34.4 Å². The highest BCUT2D eigenvalue weighted by atomic mass is 16.5. The molecule has 2 rings (SSSR count). The molecule has 0 amide bonds. The van der Waals surface area contributed by atoms with Gasteiger partial charge in [-0.1, -0.05) is 20.8 Å². The van der Waals surface area contributed by atoms with Crippen LogP contribution in [0.3, 0.4) is 0 Å². The smallest absolute Gasteiger partial charge is 0.176 e. The molecule has 0 aliphatic heterocycles. The molecule has 1 aromatic heterocycles. The van der Waals surface area contributed by atoms with E-state index in [1.807, 2.05) is 13.1 Å². The van der Waals surface area contributed by atoms with Gasteiger partial charge in [-0.15, -0.1) is 0 Å². The number of ether oxygens (including phenoxy) is 1. The van der Waals surface area contributed by atoms with Gasteiger partial charge in [0.15, 0.2) is 11.3 Å². The van der Waals surface area contributed by atoms with Crippen LogP contribution in [0.2, 0.25) is 0 Å². The summed E-state index contributed by atoms with van der Waals surface area (Å²) in [6.45, 7) is 8.66. The first-order valence-electron chi connectivity index (χ1n) is 6.62. The summed E-state index contributed by atoms with van der Waals surface area (Å²) in [4.78, 5) is 0. The molecule has 19 heavy (non-hydrogen) atoms. The fourth-order valence-electron chi connectivity index (χ4n) is 2.58. The third kappa shape index (κ3) is 2.61. The molecule has 1 aromatic carbocycles. The van der Waals surface area contributed by atoms with Crippen molar-refractivity contribution in [1.29, 1.82) is 0 Å². The minimum absolute atomic E-state index is 0.0882. The highest BCUT2D eigenvalue weighted by molar-refractivity contribution is 5.84. The Morgan fingerprint density at radius 1 is 1.21 bits per heavy atom. The second-order valence-corrected chi connectivity index (χ2v) is 6.12. The fourth-order valence-corrected chi connectivity index (χ4v) is 2.58. The molecule has 0 saturated carbocycles. The first-order chi connectivity index (χ1) is 8.86. The van der Waals surface area contributed by atoms with Gasteiger partial charge in [-0.25, -0.2) is 0 Å². The van der Waals surface area contributed by atoms with Crippen LogP contribution in [0.25, 0.3) is 11.0 Å². The van der Waals surface area contributed by atoms with E-state index < -0.39 is 0 Å². The number of rotatable bonds is 3. The lowest BCUT2D eigenvalue weighted by molar-refractivity contribution is 0.253. The standard InChI is InChI=1S/C16H23NO2/c1-10-7-11-9-13(15(17-5)16(2,3)4)19-14(11)12(8-10)18-6/h7-9,15,17H,1-6H3. The molecule has 0 aliphatic carbocycles. The normalized spacial score (nSPS) is 13.8. The molecule has 0 fully saturated rings. The monoisotopic (exact) mass is 261 g/mol. The number of hydrogen-bond acceptors (Lipinski definition) is 3. The molecule has 0 radical (unpaired) electrons. The van der Waals surface area contributed by atoms with Gasteiger partial charge in [0.05, 0.1) is 13.2 Å². The van der Waals surface area contributed by atoms with Crippen molar-refractivity contribution >= 4 is 11.0 Å². The Bertz CT molecular complexity index is 578. The van der Waals surface area contributed by atoms with Crippen LogP contribution in [0.4, 0.5) is 0 Å². The van der Waals surface area contributed by atoms with Crippen molar-refractivity contribution in [2.75, 3.05) is 14.2 Å². The minimum atomic E-state index is 0.0882. The SMILES string of the molecule is CNC(c1cc2cc(C)cc(OC)c2o1)C(C)(C)C. The Kier molecular flexibility index (Phi) is 3.59. The minimum Gasteiger partial charge on any atom is -0.493 e. The molecular weight excluding hydrogens is 238 g/mol. The Labute approximate surface area is 114 Å². The van der Waals surface area contributed by atoms with E-state index in [2.05, 4.69) is 45.1 Å². The summed E-state index contributed by atoms with van der Waals surface area (Å²) >= 11 is 0. The first kappa shape index (κ1) is 13.9. The van der Waals surface area contributed by atoms with Gasteiger partial charge in [0.25, 0.3) is 0 Å². The Balaban J connectivity index is 2.58. The predicted molar refractivity (Wildman–Crippen MR) is 78.8 cm³/mol.